The van der Waals surface area contributed by atoms with Gasteiger partial charge >= 0.3 is 11.9 Å². The van der Waals surface area contributed by atoms with Gasteiger partial charge in [-0.25, -0.2) is 0 Å². The van der Waals surface area contributed by atoms with Crippen LogP contribution in [0.3, 0.4) is 0 Å². The SMILES string of the molecule is CC(=O)OC(C)=O.COc1cncc2c1[C@]1(O)[C@H](O)[C@H](CN3CCN(C(C)=O)CC3)[C@@H](c3ccccc3)[C@]1(c1ccc(C#N)cc1)O2.COc1cncc2c1[C@]1(O)[C@H](O)[C@H](CN3CCN(C(C)=O)CC3)[C@@H](c3ccccc3)[C@]1(c1ccc(C#N)cc1)O2.COc1cncc2c1[C@]1(O)[C@H](O)[C@H](CN3CCNCC3)[C@@H](c3ccccc3)[C@]1(c1ccc(C#N)cc1)O2. The number of carbonyl (C=O) groups is 4. The molecule has 29 heteroatoms. The Morgan fingerprint density at radius 1 is 0.403 bits per heavy atom. The number of pyridine rings is 3. The maximum Gasteiger partial charge on any atom is 0.310 e. The largest absolute Gasteiger partial charge is 0.495 e. The lowest BCUT2D eigenvalue weighted by atomic mass is 9.70. The van der Waals surface area contributed by atoms with Crippen LogP contribution >= 0.6 is 0 Å². The molecule has 0 bridgehead atoms. The van der Waals surface area contributed by atoms with Crippen molar-refractivity contribution in [3.05, 3.63) is 268 Å². The summed E-state index contributed by atoms with van der Waals surface area (Å²) in [6, 6.07) is 57.2. The number of aliphatic hydroxyl groups excluding tert-OH is 3. The third-order valence-corrected chi connectivity index (χ3v) is 26.4. The van der Waals surface area contributed by atoms with Gasteiger partial charge in [-0.3, -0.25) is 43.9 Å². The lowest BCUT2D eigenvalue weighted by Gasteiger charge is -2.41. The average molecular weight is 1680 g/mol. The van der Waals surface area contributed by atoms with Crippen molar-refractivity contribution in [2.24, 2.45) is 17.8 Å². The average Bonchev–Trinajstić information content (AvgIpc) is 1.51. The second-order valence-electron chi connectivity index (χ2n) is 32.8. The number of esters is 2. The van der Waals surface area contributed by atoms with Crippen molar-refractivity contribution < 1.29 is 83.0 Å². The molecule has 15 atom stereocenters. The highest BCUT2D eigenvalue weighted by Crippen LogP contribution is 2.73. The first-order chi connectivity index (χ1) is 59.9. The summed E-state index contributed by atoms with van der Waals surface area (Å²) in [5.74, 6) is -1.54. The van der Waals surface area contributed by atoms with E-state index < -0.39 is 93.4 Å². The van der Waals surface area contributed by atoms with E-state index in [2.05, 4.69) is 57.9 Å². The van der Waals surface area contributed by atoms with Crippen molar-refractivity contribution in [3.63, 3.8) is 0 Å². The third kappa shape index (κ3) is 14.6. The molecule has 3 aliphatic carbocycles. The van der Waals surface area contributed by atoms with E-state index in [1.807, 2.05) is 113 Å². The monoisotopic (exact) mass is 1680 g/mol. The van der Waals surface area contributed by atoms with Crippen molar-refractivity contribution in [3.8, 4) is 52.7 Å². The summed E-state index contributed by atoms with van der Waals surface area (Å²) in [5, 5.41) is 107. The Kier molecular flexibility index (Phi) is 24.8. The quantitative estimate of drug-likeness (QED) is 0.0402. The highest BCUT2D eigenvalue weighted by molar-refractivity contribution is 5.82. The van der Waals surface area contributed by atoms with E-state index >= 15 is 0 Å². The van der Waals surface area contributed by atoms with E-state index in [4.69, 9.17) is 28.4 Å². The molecule has 6 aromatic carbocycles. The fraction of sp³-hybridized carbons (Fsp3) is 0.389. The molecule has 3 saturated carbocycles. The van der Waals surface area contributed by atoms with Gasteiger partial charge < -0.3 is 83.8 Å². The van der Waals surface area contributed by atoms with Gasteiger partial charge in [0.05, 0.1) is 128 Å². The van der Waals surface area contributed by atoms with Crippen LogP contribution in [-0.2, 0) is 57.5 Å². The first kappa shape index (κ1) is 86.7. The van der Waals surface area contributed by atoms with Gasteiger partial charge in [-0.1, -0.05) is 127 Å². The second-order valence-corrected chi connectivity index (χ2v) is 32.8. The summed E-state index contributed by atoms with van der Waals surface area (Å²) >= 11 is 0. The first-order valence-corrected chi connectivity index (χ1v) is 41.5. The van der Waals surface area contributed by atoms with Crippen LogP contribution in [0.2, 0.25) is 0 Å². The first-order valence-electron chi connectivity index (χ1n) is 41.5. The number of benzene rings is 6. The number of aliphatic hydroxyl groups is 6. The Bertz CT molecular complexity index is 5280. The van der Waals surface area contributed by atoms with Crippen LogP contribution in [0.5, 0.6) is 34.5 Å². The van der Waals surface area contributed by atoms with E-state index in [-0.39, 0.29) is 17.7 Å². The highest BCUT2D eigenvalue weighted by atomic mass is 16.6. The molecule has 3 saturated heterocycles. The van der Waals surface area contributed by atoms with Crippen LogP contribution < -0.4 is 33.7 Å². The maximum absolute atomic E-state index is 12.9. The van der Waals surface area contributed by atoms with Crippen LogP contribution in [0.4, 0.5) is 0 Å². The number of carbonyl (C=O) groups excluding carboxylic acids is 4. The number of nitriles is 3. The summed E-state index contributed by atoms with van der Waals surface area (Å²) in [4.78, 5) is 66.7. The molecule has 0 spiro atoms. The predicted molar refractivity (Wildman–Crippen MR) is 450 cm³/mol. The van der Waals surface area contributed by atoms with Gasteiger partial charge in [0, 0.05) is 161 Å². The molecule has 124 heavy (non-hydrogen) atoms. The van der Waals surface area contributed by atoms with Gasteiger partial charge in [-0.15, -0.1) is 0 Å². The summed E-state index contributed by atoms with van der Waals surface area (Å²) in [5.41, 5.74) is -2.51. The van der Waals surface area contributed by atoms with Crippen molar-refractivity contribution in [1.82, 2.24) is 44.8 Å². The number of rotatable bonds is 15. The number of fused-ring (bicyclic) bond motifs is 9. The molecular formula is C95H100N12O17. The number of aromatic nitrogens is 3. The molecule has 9 heterocycles. The second kappa shape index (κ2) is 35.5. The number of ether oxygens (including phenoxy) is 7. The number of amides is 2. The standard InChI is InChI=1S/2C31H32N4O5.C29H30N4O4.C4H6O3/c2*1-20(36)35-14-12-34(13-15-35)19-24-27(22-6-4-3-5-7-22)31(23-10-8-21(16-32)9-11-23)30(38,29(24)37)28-25(39-2)17-33-18-26(28)40-31;1-36-23-16-32-17-24-26(23)28(35)27(34)22(18-33-13-11-31-12-14-33)25(20-5-3-2-4-6-20)29(28,37-24)21-9-7-19(15-30)8-10-21;1-3(5)7-4(2)6/h2*3-11,17-18,24,27,29,37-38H,12-15,19H2,1-2H3;2-10,16-17,22,25,27,31,34-35H,11-14,18H2,1H3;1-2H3/t2*24-,27-,29-,30+,31+;22-,25-,27-,28+,29+;/m111./s1. The molecule has 9 aliphatic rings. The van der Waals surface area contributed by atoms with Crippen molar-refractivity contribution >= 4 is 23.8 Å². The molecule has 9 aromatic rings. The van der Waals surface area contributed by atoms with Crippen LogP contribution in [0.25, 0.3) is 0 Å². The zero-order chi connectivity index (χ0) is 87.6. The molecule has 6 fully saturated rings. The minimum absolute atomic E-state index is 0.0528. The van der Waals surface area contributed by atoms with Gasteiger partial charge in [0.15, 0.2) is 33.6 Å². The van der Waals surface area contributed by atoms with E-state index in [0.29, 0.717) is 157 Å². The number of hydrogen-bond donors (Lipinski definition) is 7. The van der Waals surface area contributed by atoms with Crippen LogP contribution in [0.1, 0.15) is 112 Å². The predicted octanol–water partition coefficient (Wildman–Crippen LogP) is 6.97. The third-order valence-electron chi connectivity index (χ3n) is 26.4. The number of nitrogens with zero attached hydrogens (tertiary/aromatic N) is 11. The minimum Gasteiger partial charge on any atom is -0.495 e. The molecule has 0 unspecified atom stereocenters. The fourth-order valence-electron chi connectivity index (χ4n) is 21.1. The smallest absolute Gasteiger partial charge is 0.310 e. The molecule has 3 aromatic heterocycles. The topological polar surface area (TPSA) is 393 Å². The van der Waals surface area contributed by atoms with Gasteiger partial charge in [-0.05, 0) is 69.8 Å². The van der Waals surface area contributed by atoms with E-state index in [1.54, 1.807) is 99.3 Å². The maximum atomic E-state index is 12.9. The van der Waals surface area contributed by atoms with Crippen LogP contribution in [0, 0.1) is 51.7 Å². The molecule has 2 amide bonds. The fourth-order valence-corrected chi connectivity index (χ4v) is 21.1. The van der Waals surface area contributed by atoms with Gasteiger partial charge in [0.1, 0.15) is 34.5 Å². The Morgan fingerprint density at radius 3 is 0.903 bits per heavy atom. The van der Waals surface area contributed by atoms with Gasteiger partial charge in [0.2, 0.25) is 11.8 Å². The van der Waals surface area contributed by atoms with Gasteiger partial charge in [-0.2, -0.15) is 15.8 Å². The Labute approximate surface area is 718 Å². The van der Waals surface area contributed by atoms with Crippen LogP contribution in [-0.4, -0.2) is 232 Å². The number of methoxy groups -OCH3 is 3. The molecule has 0 radical (unpaired) electrons. The lowest BCUT2D eigenvalue weighted by Crippen LogP contribution is -2.52. The Morgan fingerprint density at radius 2 is 0.669 bits per heavy atom. The summed E-state index contributed by atoms with van der Waals surface area (Å²) < 4.78 is 41.4. The molecular weight excluding hydrogens is 1580 g/mol. The molecule has 6 aliphatic heterocycles. The van der Waals surface area contributed by atoms with E-state index in [0.717, 1.165) is 42.9 Å². The summed E-state index contributed by atoms with van der Waals surface area (Å²) in [7, 11) is 4.53. The zero-order valence-electron chi connectivity index (χ0n) is 69.9. The summed E-state index contributed by atoms with van der Waals surface area (Å²) in [6.07, 6.45) is 5.60. The number of piperazine rings is 3. The molecule has 29 nitrogen and oxygen atoms in total. The Balaban J connectivity index is 0.000000138. The zero-order valence-corrected chi connectivity index (χ0v) is 69.9. The Hall–Kier alpha value is -12.3. The normalized spacial score (nSPS) is 28.5. The number of hydrogen-bond acceptors (Lipinski definition) is 27. The number of nitrogens with one attached hydrogen (secondary N) is 1. The lowest BCUT2D eigenvalue weighted by molar-refractivity contribution is -0.156. The van der Waals surface area contributed by atoms with E-state index in [1.165, 1.54) is 47.6 Å². The molecule has 18 rings (SSSR count). The molecule has 642 valence electrons. The van der Waals surface area contributed by atoms with Gasteiger partial charge in [0.25, 0.3) is 0 Å². The van der Waals surface area contributed by atoms with Crippen molar-refractivity contribution in [2.45, 2.75) is 97.4 Å². The van der Waals surface area contributed by atoms with Crippen LogP contribution in [0.15, 0.2) is 201 Å². The van der Waals surface area contributed by atoms with E-state index in [9.17, 15) is 65.6 Å². The molecule has 7 N–H and O–H groups in total. The minimum atomic E-state index is -1.89. The highest BCUT2D eigenvalue weighted by Gasteiger charge is 2.80. The summed E-state index contributed by atoms with van der Waals surface area (Å²) in [6.45, 7) is 15.7. The van der Waals surface area contributed by atoms with Crippen molar-refractivity contribution in [2.75, 3.05) is 120 Å². The van der Waals surface area contributed by atoms with Crippen molar-refractivity contribution in [1.29, 1.82) is 15.8 Å².